The summed E-state index contributed by atoms with van der Waals surface area (Å²) in [6.07, 6.45) is 3.03. The number of carbonyl (C=O) groups excluding carboxylic acids is 2. The smallest absolute Gasteiger partial charge is 0.356 e. The Morgan fingerprint density at radius 3 is 2.93 bits per heavy atom. The monoisotopic (exact) mass is 370 g/mol. The molecule has 3 rings (SSSR count). The van der Waals surface area contributed by atoms with E-state index in [9.17, 15) is 9.59 Å². The van der Waals surface area contributed by atoms with Crippen LogP contribution in [0.15, 0.2) is 35.6 Å². The Morgan fingerprint density at radius 1 is 1.41 bits per heavy atom. The summed E-state index contributed by atoms with van der Waals surface area (Å²) in [4.78, 5) is 29.8. The Labute approximate surface area is 157 Å². The molecule has 8 nitrogen and oxygen atoms in total. The lowest BCUT2D eigenvalue weighted by Gasteiger charge is -2.11. The van der Waals surface area contributed by atoms with Crippen LogP contribution < -0.4 is 5.32 Å². The van der Waals surface area contributed by atoms with Crippen molar-refractivity contribution in [1.82, 2.24) is 15.1 Å². The Morgan fingerprint density at radius 2 is 2.22 bits per heavy atom. The van der Waals surface area contributed by atoms with Gasteiger partial charge in [0.2, 0.25) is 0 Å². The molecule has 0 saturated heterocycles. The largest absolute Gasteiger partial charge is 0.464 e. The number of hydrogen-bond donors (Lipinski definition) is 1. The molecule has 8 heteroatoms. The number of ether oxygens (including phenoxy) is 1. The zero-order valence-corrected chi connectivity index (χ0v) is 15.6. The van der Waals surface area contributed by atoms with Gasteiger partial charge in [-0.2, -0.15) is 5.10 Å². The van der Waals surface area contributed by atoms with Gasteiger partial charge in [-0.25, -0.2) is 4.79 Å². The van der Waals surface area contributed by atoms with Gasteiger partial charge in [-0.3, -0.25) is 9.48 Å². The topological polar surface area (TPSA) is 94.8 Å². The Balaban J connectivity index is 1.73. The highest BCUT2D eigenvalue weighted by Crippen LogP contribution is 2.25. The summed E-state index contributed by atoms with van der Waals surface area (Å²) in [5.74, 6) is -0.695. The van der Waals surface area contributed by atoms with Crippen LogP contribution in [0.4, 0.5) is 0 Å². The first-order chi connectivity index (χ1) is 13.0. The number of aryl methyl sites for hydroxylation is 1. The van der Waals surface area contributed by atoms with E-state index in [1.807, 2.05) is 13.0 Å². The molecule has 27 heavy (non-hydrogen) atoms. The van der Waals surface area contributed by atoms with Crippen molar-refractivity contribution in [2.24, 2.45) is 12.2 Å². The molecule has 1 aliphatic rings. The number of benzene rings is 1. The highest BCUT2D eigenvalue weighted by Gasteiger charge is 2.22. The molecule has 0 aliphatic carbocycles. The third-order valence-corrected chi connectivity index (χ3v) is 4.45. The first-order valence-corrected chi connectivity index (χ1v) is 8.74. The molecule has 1 aromatic carbocycles. The van der Waals surface area contributed by atoms with Crippen molar-refractivity contribution in [2.45, 2.75) is 25.9 Å². The van der Waals surface area contributed by atoms with Crippen molar-refractivity contribution < 1.29 is 19.2 Å². The normalized spacial score (nSPS) is 15.8. The van der Waals surface area contributed by atoms with Crippen LogP contribution in [0.5, 0.6) is 0 Å². The lowest BCUT2D eigenvalue weighted by Crippen LogP contribution is -2.32. The molecule has 1 aliphatic heterocycles. The van der Waals surface area contributed by atoms with Crippen molar-refractivity contribution in [3.63, 3.8) is 0 Å². The summed E-state index contributed by atoms with van der Waals surface area (Å²) in [6, 6.07) is 7.03. The molecule has 0 fully saturated rings. The lowest BCUT2D eigenvalue weighted by molar-refractivity contribution is 0.0589. The molecule has 0 unspecified atom stereocenters. The maximum Gasteiger partial charge on any atom is 0.356 e. The number of hydrogen-bond acceptors (Lipinski definition) is 6. The zero-order valence-electron chi connectivity index (χ0n) is 15.6. The Kier molecular flexibility index (Phi) is 5.54. The van der Waals surface area contributed by atoms with Crippen molar-refractivity contribution in [1.29, 1.82) is 0 Å². The van der Waals surface area contributed by atoms with Gasteiger partial charge in [-0.15, -0.1) is 0 Å². The predicted octanol–water partition coefficient (Wildman–Crippen LogP) is 2.16. The molecule has 142 valence electrons. The number of amides is 1. The fourth-order valence-corrected chi connectivity index (χ4v) is 2.93. The van der Waals surface area contributed by atoms with Crippen molar-refractivity contribution in [3.05, 3.63) is 41.7 Å². The molecular weight excluding hydrogens is 348 g/mol. The lowest BCUT2D eigenvalue weighted by atomic mass is 10.0. The van der Waals surface area contributed by atoms with Gasteiger partial charge in [0.1, 0.15) is 6.10 Å². The highest BCUT2D eigenvalue weighted by molar-refractivity contribution is 5.98. The third-order valence-electron chi connectivity index (χ3n) is 4.45. The van der Waals surface area contributed by atoms with E-state index in [2.05, 4.69) is 15.6 Å². The molecule has 1 N–H and O–H groups in total. The van der Waals surface area contributed by atoms with Gasteiger partial charge in [0.15, 0.2) is 5.69 Å². The van der Waals surface area contributed by atoms with Gasteiger partial charge in [-0.05, 0) is 24.1 Å². The summed E-state index contributed by atoms with van der Waals surface area (Å²) in [7, 11) is 2.99. The number of nitrogens with one attached hydrogen (secondary N) is 1. The molecule has 0 bridgehead atoms. The fraction of sp³-hybridized carbons (Fsp3) is 0.368. The average Bonchev–Trinajstić information content (AvgIpc) is 3.32. The van der Waals surface area contributed by atoms with E-state index < -0.39 is 5.97 Å². The van der Waals surface area contributed by atoms with E-state index in [0.29, 0.717) is 28.9 Å². The average molecular weight is 370 g/mol. The van der Waals surface area contributed by atoms with Gasteiger partial charge < -0.3 is 14.9 Å². The third kappa shape index (κ3) is 3.99. The minimum absolute atomic E-state index is 0.128. The zero-order chi connectivity index (χ0) is 19.4. The van der Waals surface area contributed by atoms with Crippen molar-refractivity contribution in [3.8, 4) is 11.1 Å². The number of aromatic nitrogens is 2. The summed E-state index contributed by atoms with van der Waals surface area (Å²) in [5.41, 5.74) is 3.15. The minimum atomic E-state index is -0.482. The summed E-state index contributed by atoms with van der Waals surface area (Å²) < 4.78 is 6.28. The highest BCUT2D eigenvalue weighted by atomic mass is 16.6. The number of rotatable bonds is 6. The number of carbonyl (C=O) groups is 2. The second-order valence-electron chi connectivity index (χ2n) is 6.26. The van der Waals surface area contributed by atoms with Crippen LogP contribution in [0.1, 0.15) is 40.6 Å². The van der Waals surface area contributed by atoms with E-state index in [1.165, 1.54) is 11.8 Å². The van der Waals surface area contributed by atoms with Gasteiger partial charge in [0.05, 0.1) is 25.6 Å². The van der Waals surface area contributed by atoms with E-state index >= 15 is 0 Å². The second kappa shape index (κ2) is 8.03. The van der Waals surface area contributed by atoms with E-state index in [-0.39, 0.29) is 12.0 Å². The molecule has 0 spiro atoms. The van der Waals surface area contributed by atoms with Crippen molar-refractivity contribution >= 4 is 17.6 Å². The predicted molar refractivity (Wildman–Crippen MR) is 99.5 cm³/mol. The molecule has 0 saturated carbocycles. The SMILES string of the molecule is CCC1=NO[C@H](CNC(=O)c2cccc(-c3cnn(C)c3C(=O)OC)c2)C1. The maximum absolute atomic E-state index is 12.5. The van der Waals surface area contributed by atoms with Crippen LogP contribution in [0.2, 0.25) is 0 Å². The van der Waals surface area contributed by atoms with Crippen LogP contribution in [-0.4, -0.2) is 47.1 Å². The van der Waals surface area contributed by atoms with Gasteiger partial charge in [0, 0.05) is 24.6 Å². The number of nitrogens with zero attached hydrogens (tertiary/aromatic N) is 3. The molecule has 1 atom stereocenters. The van der Waals surface area contributed by atoms with Crippen LogP contribution in [0.3, 0.4) is 0 Å². The van der Waals surface area contributed by atoms with Crippen molar-refractivity contribution in [2.75, 3.05) is 13.7 Å². The van der Waals surface area contributed by atoms with Crippen LogP contribution in [0, 0.1) is 0 Å². The maximum atomic E-state index is 12.5. The first-order valence-electron chi connectivity index (χ1n) is 8.74. The molecule has 2 heterocycles. The summed E-state index contributed by atoms with van der Waals surface area (Å²) in [5, 5.41) is 11.0. The van der Waals surface area contributed by atoms with Gasteiger partial charge in [-0.1, -0.05) is 24.2 Å². The number of esters is 1. The molecule has 0 radical (unpaired) electrons. The minimum Gasteiger partial charge on any atom is -0.464 e. The standard InChI is InChI=1S/C19H22N4O4/c1-4-14-9-15(27-22-14)10-20-18(24)13-7-5-6-12(8-13)16-11-21-23(2)17(16)19(25)26-3/h5-8,11,15H,4,9-10H2,1-3H3,(H,20,24)/t15-/m0/s1. The number of methoxy groups -OCH3 is 1. The fourth-order valence-electron chi connectivity index (χ4n) is 2.93. The van der Waals surface area contributed by atoms with E-state index in [1.54, 1.807) is 31.4 Å². The van der Waals surface area contributed by atoms with Gasteiger partial charge >= 0.3 is 5.97 Å². The second-order valence-corrected chi connectivity index (χ2v) is 6.26. The van der Waals surface area contributed by atoms with Crippen LogP contribution in [0.25, 0.3) is 11.1 Å². The van der Waals surface area contributed by atoms with Crippen LogP contribution >= 0.6 is 0 Å². The molecule has 2 aromatic rings. The summed E-state index contributed by atoms with van der Waals surface area (Å²) >= 11 is 0. The molecule has 1 aromatic heterocycles. The van der Waals surface area contributed by atoms with E-state index in [4.69, 9.17) is 9.57 Å². The quantitative estimate of drug-likeness (QED) is 0.786. The Bertz CT molecular complexity index is 888. The first kappa shape index (κ1) is 18.6. The van der Waals surface area contributed by atoms with E-state index in [0.717, 1.165) is 18.6 Å². The van der Waals surface area contributed by atoms with Gasteiger partial charge in [0.25, 0.3) is 5.91 Å². The molecule has 1 amide bonds. The van der Waals surface area contributed by atoms with Crippen LogP contribution in [-0.2, 0) is 16.6 Å². The number of oxime groups is 1. The Hall–Kier alpha value is -3.16. The molecular formula is C19H22N4O4. The summed E-state index contributed by atoms with van der Waals surface area (Å²) in [6.45, 7) is 2.41.